The van der Waals surface area contributed by atoms with Gasteiger partial charge in [0.05, 0.1) is 12.1 Å². The van der Waals surface area contributed by atoms with Crippen LogP contribution in [0.15, 0.2) is 30.3 Å². The summed E-state index contributed by atoms with van der Waals surface area (Å²) >= 11 is 0. The van der Waals surface area contributed by atoms with Gasteiger partial charge in [-0.1, -0.05) is 90.6 Å². The first-order valence-corrected chi connectivity index (χ1v) is 16.7. The Labute approximate surface area is 271 Å². The lowest BCUT2D eigenvalue weighted by atomic mass is 9.85. The highest BCUT2D eigenvalue weighted by Gasteiger charge is 2.70. The van der Waals surface area contributed by atoms with Gasteiger partial charge >= 0.3 is 6.03 Å². The molecule has 0 radical (unpaired) electrons. The van der Waals surface area contributed by atoms with Crippen LogP contribution < -0.4 is 21.7 Å². The lowest BCUT2D eigenvalue weighted by molar-refractivity contribution is -0.145. The second kappa shape index (κ2) is 12.8. The molecule has 1 heterocycles. The molecule has 3 aliphatic carbocycles. The molecule has 1 aliphatic heterocycles. The molecule has 1 unspecified atom stereocenters. The van der Waals surface area contributed by atoms with Gasteiger partial charge < -0.3 is 26.6 Å². The molecule has 11 nitrogen and oxygen atoms in total. The van der Waals surface area contributed by atoms with Gasteiger partial charge in [0.1, 0.15) is 12.1 Å². The fourth-order valence-electron chi connectivity index (χ4n) is 7.76. The number of amides is 5. The highest BCUT2D eigenvalue weighted by atomic mass is 16.2. The van der Waals surface area contributed by atoms with Crippen LogP contribution in [0.25, 0.3) is 0 Å². The maximum atomic E-state index is 14.3. The summed E-state index contributed by atoms with van der Waals surface area (Å²) in [4.78, 5) is 81.3. The van der Waals surface area contributed by atoms with Crippen molar-refractivity contribution in [3.63, 3.8) is 0 Å². The van der Waals surface area contributed by atoms with Crippen LogP contribution in [0.2, 0.25) is 0 Å². The van der Waals surface area contributed by atoms with Crippen molar-refractivity contribution in [2.75, 3.05) is 6.54 Å². The summed E-state index contributed by atoms with van der Waals surface area (Å²) in [5.41, 5.74) is 4.90. The summed E-state index contributed by atoms with van der Waals surface area (Å²) in [6.07, 6.45) is 5.80. The Hall–Kier alpha value is -3.76. The molecule has 1 aromatic rings. The van der Waals surface area contributed by atoms with Crippen LogP contribution in [0.3, 0.4) is 0 Å². The summed E-state index contributed by atoms with van der Waals surface area (Å²) < 4.78 is 0. The number of carbonyl (C=O) groups excluding carboxylic acids is 6. The van der Waals surface area contributed by atoms with Crippen molar-refractivity contribution in [2.45, 2.75) is 104 Å². The number of ketones is 2. The number of Topliss-reactive ketones (excluding diaryl/α,β-unsaturated/α-hetero) is 2. The SMILES string of the molecule is CC(C)(C)[C@H](NC(=O)N[C@H](C(=O)c1ccccc1)C1CCCC1)C(=O)N1C[C@H]2[C@@H]([C@H]1C(=O)NC(CC1CC1)C(=O)C(N)=O)C2(C)C. The van der Waals surface area contributed by atoms with E-state index in [1.807, 2.05) is 26.8 Å². The van der Waals surface area contributed by atoms with Crippen molar-refractivity contribution in [2.24, 2.45) is 40.2 Å². The van der Waals surface area contributed by atoms with Crippen LogP contribution in [-0.2, 0) is 19.2 Å². The maximum Gasteiger partial charge on any atom is 0.316 e. The summed E-state index contributed by atoms with van der Waals surface area (Å²) in [6, 6.07) is 4.64. The van der Waals surface area contributed by atoms with Gasteiger partial charge in [0.25, 0.3) is 5.91 Å². The molecule has 0 bridgehead atoms. The zero-order chi connectivity index (χ0) is 33.6. The number of hydrogen-bond acceptors (Lipinski definition) is 6. The fourth-order valence-corrected chi connectivity index (χ4v) is 7.76. The molecule has 3 saturated carbocycles. The van der Waals surface area contributed by atoms with Crippen molar-refractivity contribution in [3.8, 4) is 0 Å². The minimum Gasteiger partial charge on any atom is -0.363 e. The summed E-state index contributed by atoms with van der Waals surface area (Å²) in [6.45, 7) is 9.96. The molecular formula is C35H49N5O6. The quantitative estimate of drug-likeness (QED) is 0.203. The number of piperidine rings is 1. The highest BCUT2D eigenvalue weighted by Crippen LogP contribution is 2.65. The van der Waals surface area contributed by atoms with E-state index in [2.05, 4.69) is 29.8 Å². The molecule has 6 atom stereocenters. The van der Waals surface area contributed by atoms with Crippen molar-refractivity contribution < 1.29 is 28.8 Å². The third-order valence-corrected chi connectivity index (χ3v) is 10.8. The number of nitrogens with two attached hydrogens (primary N) is 1. The highest BCUT2D eigenvalue weighted by molar-refractivity contribution is 6.37. The second-order valence-corrected chi connectivity index (χ2v) is 15.5. The van der Waals surface area contributed by atoms with Gasteiger partial charge in [-0.05, 0) is 53.8 Å². The molecule has 1 saturated heterocycles. The van der Waals surface area contributed by atoms with Gasteiger partial charge in [-0.3, -0.25) is 24.0 Å². The third kappa shape index (κ3) is 6.98. The van der Waals surface area contributed by atoms with Crippen LogP contribution >= 0.6 is 0 Å². The first-order valence-electron chi connectivity index (χ1n) is 16.7. The Morgan fingerprint density at radius 1 is 0.935 bits per heavy atom. The van der Waals surface area contributed by atoms with Gasteiger partial charge in [0.15, 0.2) is 5.78 Å². The minimum absolute atomic E-state index is 0.00468. The average Bonchev–Trinajstić information content (AvgIpc) is 3.70. The average molecular weight is 636 g/mol. The Morgan fingerprint density at radius 2 is 1.57 bits per heavy atom. The molecule has 5 amide bonds. The number of rotatable bonds is 12. The number of nitrogens with zero attached hydrogens (tertiary/aromatic N) is 1. The standard InChI is InChI=1S/C35H49N5O6/c1-34(2,3)29(39-33(46)38-25(20-11-9-10-12-20)27(41)21-13-7-6-8-14-21)32(45)40-18-22-24(35(22,4)5)26(40)31(44)37-23(17-19-15-16-19)28(42)30(36)43/h6-8,13-14,19-20,22-26,29H,9-12,15-18H2,1-5H3,(H2,36,43)(H,37,44)(H2,38,39,46)/t22-,23?,24-,25-,26-,29+/m0/s1. The third-order valence-electron chi connectivity index (χ3n) is 10.8. The van der Waals surface area contributed by atoms with Crippen LogP contribution in [0.1, 0.15) is 89.9 Å². The van der Waals surface area contributed by atoms with Gasteiger partial charge in [-0.25, -0.2) is 4.79 Å². The zero-order valence-corrected chi connectivity index (χ0v) is 27.6. The van der Waals surface area contributed by atoms with Crippen LogP contribution in [0, 0.1) is 34.5 Å². The number of nitrogens with one attached hydrogen (secondary N) is 3. The van der Waals surface area contributed by atoms with E-state index >= 15 is 0 Å². The lowest BCUT2D eigenvalue weighted by Gasteiger charge is -2.38. The van der Waals surface area contributed by atoms with Gasteiger partial charge in [0, 0.05) is 12.1 Å². The number of benzene rings is 1. The molecule has 0 spiro atoms. The smallest absolute Gasteiger partial charge is 0.316 e. The van der Waals surface area contributed by atoms with E-state index in [4.69, 9.17) is 5.73 Å². The molecule has 4 fully saturated rings. The van der Waals surface area contributed by atoms with Gasteiger partial charge in [0.2, 0.25) is 17.6 Å². The number of fused-ring (bicyclic) bond motifs is 1. The topological polar surface area (TPSA) is 168 Å². The maximum absolute atomic E-state index is 14.3. The number of urea groups is 1. The van der Waals surface area contributed by atoms with E-state index in [1.165, 1.54) is 4.90 Å². The van der Waals surface area contributed by atoms with E-state index in [0.29, 0.717) is 18.5 Å². The van der Waals surface area contributed by atoms with E-state index in [-0.39, 0.29) is 34.9 Å². The van der Waals surface area contributed by atoms with E-state index in [9.17, 15) is 28.8 Å². The molecule has 5 rings (SSSR count). The molecular weight excluding hydrogens is 586 g/mol. The zero-order valence-electron chi connectivity index (χ0n) is 27.6. The minimum atomic E-state index is -1.10. The monoisotopic (exact) mass is 635 g/mol. The van der Waals surface area contributed by atoms with Crippen molar-refractivity contribution in [1.82, 2.24) is 20.9 Å². The van der Waals surface area contributed by atoms with Crippen LogP contribution in [0.5, 0.6) is 0 Å². The fraction of sp³-hybridized carbons (Fsp3) is 0.657. The first-order chi connectivity index (χ1) is 21.6. The van der Waals surface area contributed by atoms with Gasteiger partial charge in [-0.15, -0.1) is 0 Å². The molecule has 5 N–H and O–H groups in total. The predicted octanol–water partition coefficient (Wildman–Crippen LogP) is 2.96. The van der Waals surface area contributed by atoms with Gasteiger partial charge in [-0.2, -0.15) is 0 Å². The Kier molecular flexibility index (Phi) is 9.35. The molecule has 11 heteroatoms. The molecule has 46 heavy (non-hydrogen) atoms. The number of likely N-dealkylation sites (tertiary alicyclic amines) is 1. The molecule has 0 aromatic heterocycles. The van der Waals surface area contributed by atoms with E-state index in [0.717, 1.165) is 38.5 Å². The van der Waals surface area contributed by atoms with E-state index < -0.39 is 59.1 Å². The molecule has 250 valence electrons. The first kappa shape index (κ1) is 33.6. The summed E-state index contributed by atoms with van der Waals surface area (Å²) in [7, 11) is 0. The Morgan fingerprint density at radius 3 is 2.13 bits per heavy atom. The predicted molar refractivity (Wildman–Crippen MR) is 171 cm³/mol. The second-order valence-electron chi connectivity index (χ2n) is 15.5. The normalized spacial score (nSPS) is 25.5. The molecule has 4 aliphatic rings. The van der Waals surface area contributed by atoms with Crippen molar-refractivity contribution in [3.05, 3.63) is 35.9 Å². The Bertz CT molecular complexity index is 1380. The summed E-state index contributed by atoms with van der Waals surface area (Å²) in [5.74, 6) is -2.81. The Balaban J connectivity index is 1.34. The van der Waals surface area contributed by atoms with Crippen molar-refractivity contribution in [1.29, 1.82) is 0 Å². The van der Waals surface area contributed by atoms with Crippen LogP contribution in [0.4, 0.5) is 4.79 Å². The number of hydrogen-bond donors (Lipinski definition) is 4. The van der Waals surface area contributed by atoms with E-state index in [1.54, 1.807) is 24.3 Å². The summed E-state index contributed by atoms with van der Waals surface area (Å²) in [5, 5.41) is 8.56. The largest absolute Gasteiger partial charge is 0.363 e. The van der Waals surface area contributed by atoms with Crippen molar-refractivity contribution >= 4 is 35.3 Å². The molecule has 1 aromatic carbocycles. The number of primary amides is 1. The van der Waals surface area contributed by atoms with Crippen LogP contribution in [-0.4, -0.2) is 70.9 Å². The lowest BCUT2D eigenvalue weighted by Crippen LogP contribution is -2.62. The number of carbonyl (C=O) groups is 6.